The van der Waals surface area contributed by atoms with Crippen molar-refractivity contribution in [1.82, 2.24) is 9.55 Å². The number of ketones is 1. The molecule has 0 saturated heterocycles. The summed E-state index contributed by atoms with van der Waals surface area (Å²) in [5.41, 5.74) is 2.96. The van der Waals surface area contributed by atoms with Gasteiger partial charge in [-0.1, -0.05) is 12.1 Å². The van der Waals surface area contributed by atoms with Crippen LogP contribution in [0, 0.1) is 20.8 Å². The summed E-state index contributed by atoms with van der Waals surface area (Å²) in [5.74, 6) is 0.775. The highest BCUT2D eigenvalue weighted by Gasteiger charge is 2.24. The van der Waals surface area contributed by atoms with Gasteiger partial charge in [0.1, 0.15) is 6.61 Å². The molecule has 1 unspecified atom stereocenters. The van der Waals surface area contributed by atoms with Crippen LogP contribution in [0.1, 0.15) is 32.4 Å². The molecule has 1 atom stereocenters. The number of ether oxygens (including phenoxy) is 3. The number of thiazole rings is 1. The number of hydrogen-bond acceptors (Lipinski definition) is 7. The quantitative estimate of drug-likeness (QED) is 0.412. The molecule has 0 bridgehead atoms. The number of rotatable bonds is 7. The van der Waals surface area contributed by atoms with E-state index in [1.165, 1.54) is 11.3 Å². The summed E-state index contributed by atoms with van der Waals surface area (Å²) in [5, 5.41) is 2.71. The Balaban J connectivity index is 1.37. The van der Waals surface area contributed by atoms with Crippen molar-refractivity contribution < 1.29 is 23.8 Å². The van der Waals surface area contributed by atoms with Gasteiger partial charge in [-0.05, 0) is 39.0 Å². The molecule has 3 heterocycles. The lowest BCUT2D eigenvalue weighted by Crippen LogP contribution is -2.33. The Kier molecular flexibility index (Phi) is 6.08. The van der Waals surface area contributed by atoms with Crippen LogP contribution in [0.2, 0.25) is 0 Å². The van der Waals surface area contributed by atoms with E-state index in [1.54, 1.807) is 0 Å². The van der Waals surface area contributed by atoms with Gasteiger partial charge in [-0.2, -0.15) is 0 Å². The van der Waals surface area contributed by atoms with Crippen LogP contribution in [0.3, 0.4) is 0 Å². The molecule has 0 aliphatic carbocycles. The maximum atomic E-state index is 12.7. The van der Waals surface area contributed by atoms with Crippen molar-refractivity contribution in [3.8, 4) is 11.5 Å². The maximum absolute atomic E-state index is 12.7. The highest BCUT2D eigenvalue weighted by molar-refractivity contribution is 7.09. The standard InChI is InChI=1S/C23H24N2O5S/c1-14-8-19(20(26)12-29-23(27)9-17-13-31-16(3)24-17)15(2)25(14)10-18-11-28-21-6-4-5-7-22(21)30-18/h4-8,13,18H,9-12H2,1-3H3. The first kappa shape index (κ1) is 21.1. The van der Waals surface area contributed by atoms with Crippen molar-refractivity contribution in [3.05, 3.63) is 63.4 Å². The first-order chi connectivity index (χ1) is 14.9. The lowest BCUT2D eigenvalue weighted by molar-refractivity contribution is -0.141. The van der Waals surface area contributed by atoms with Crippen LogP contribution in [0.15, 0.2) is 35.7 Å². The molecule has 1 aliphatic heterocycles. The largest absolute Gasteiger partial charge is 0.486 e. The van der Waals surface area contributed by atoms with Gasteiger partial charge in [0.25, 0.3) is 0 Å². The molecule has 8 heteroatoms. The van der Waals surface area contributed by atoms with E-state index >= 15 is 0 Å². The number of aryl methyl sites for hydroxylation is 2. The van der Waals surface area contributed by atoms with Crippen LogP contribution >= 0.6 is 11.3 Å². The Labute approximate surface area is 184 Å². The number of carbonyl (C=O) groups is 2. The third-order valence-electron chi connectivity index (χ3n) is 5.18. The van der Waals surface area contributed by atoms with Gasteiger partial charge in [-0.15, -0.1) is 11.3 Å². The van der Waals surface area contributed by atoms with Gasteiger partial charge in [0.15, 0.2) is 24.2 Å². The molecule has 0 amide bonds. The molecule has 7 nitrogen and oxygen atoms in total. The van der Waals surface area contributed by atoms with Crippen molar-refractivity contribution in [2.45, 2.75) is 39.8 Å². The molecule has 0 N–H and O–H groups in total. The van der Waals surface area contributed by atoms with Crippen LogP contribution in [-0.2, 0) is 22.5 Å². The Bertz CT molecular complexity index is 1120. The van der Waals surface area contributed by atoms with Crippen molar-refractivity contribution in [2.75, 3.05) is 13.2 Å². The second kappa shape index (κ2) is 8.93. The predicted octanol–water partition coefficient (Wildman–Crippen LogP) is 3.68. The monoisotopic (exact) mass is 440 g/mol. The lowest BCUT2D eigenvalue weighted by atomic mass is 10.1. The van der Waals surface area contributed by atoms with Gasteiger partial charge < -0.3 is 18.8 Å². The summed E-state index contributed by atoms with van der Waals surface area (Å²) >= 11 is 1.48. The number of carbonyl (C=O) groups excluding carboxylic acids is 2. The van der Waals surface area contributed by atoms with E-state index in [4.69, 9.17) is 14.2 Å². The zero-order valence-corrected chi connectivity index (χ0v) is 18.5. The van der Waals surface area contributed by atoms with Crippen LogP contribution in [-0.4, -0.2) is 40.6 Å². The molecule has 3 aromatic rings. The number of benzene rings is 1. The SMILES string of the molecule is Cc1nc(CC(=O)OCC(=O)c2cc(C)n(CC3COc4ccccc4O3)c2C)cs1. The van der Waals surface area contributed by atoms with Crippen LogP contribution < -0.4 is 9.47 Å². The highest BCUT2D eigenvalue weighted by atomic mass is 32.1. The summed E-state index contributed by atoms with van der Waals surface area (Å²) < 4.78 is 19.1. The van der Waals surface area contributed by atoms with Gasteiger partial charge >= 0.3 is 5.97 Å². The zero-order chi connectivity index (χ0) is 22.0. The summed E-state index contributed by atoms with van der Waals surface area (Å²) in [7, 11) is 0. The smallest absolute Gasteiger partial charge is 0.312 e. The number of esters is 1. The molecule has 0 fully saturated rings. The fourth-order valence-electron chi connectivity index (χ4n) is 3.63. The molecule has 0 saturated carbocycles. The number of aromatic nitrogens is 2. The Morgan fingerprint density at radius 1 is 1.23 bits per heavy atom. The minimum absolute atomic E-state index is 0.0666. The molecule has 162 valence electrons. The van der Waals surface area contributed by atoms with Crippen molar-refractivity contribution >= 4 is 23.1 Å². The van der Waals surface area contributed by atoms with Crippen LogP contribution in [0.25, 0.3) is 0 Å². The Hall–Kier alpha value is -3.13. The number of fused-ring (bicyclic) bond motifs is 1. The van der Waals surface area contributed by atoms with E-state index in [-0.39, 0.29) is 24.9 Å². The number of nitrogens with zero attached hydrogens (tertiary/aromatic N) is 2. The molecular weight excluding hydrogens is 416 g/mol. The molecule has 0 radical (unpaired) electrons. The van der Waals surface area contributed by atoms with E-state index < -0.39 is 5.97 Å². The van der Waals surface area contributed by atoms with Crippen LogP contribution in [0.4, 0.5) is 0 Å². The molecule has 31 heavy (non-hydrogen) atoms. The number of Topliss-reactive ketones (excluding diaryl/α,β-unsaturated/α-hetero) is 1. The van der Waals surface area contributed by atoms with Gasteiger partial charge in [0, 0.05) is 22.3 Å². The summed E-state index contributed by atoms with van der Waals surface area (Å²) in [6.07, 6.45) is -0.0982. The molecule has 4 rings (SSSR count). The van der Waals surface area contributed by atoms with Gasteiger partial charge in [-0.25, -0.2) is 4.98 Å². The third-order valence-corrected chi connectivity index (χ3v) is 6.01. The zero-order valence-electron chi connectivity index (χ0n) is 17.7. The van der Waals surface area contributed by atoms with Crippen molar-refractivity contribution in [3.63, 3.8) is 0 Å². The lowest BCUT2D eigenvalue weighted by Gasteiger charge is -2.27. The topological polar surface area (TPSA) is 79.7 Å². The summed E-state index contributed by atoms with van der Waals surface area (Å²) in [6, 6.07) is 9.40. The van der Waals surface area contributed by atoms with E-state index in [9.17, 15) is 9.59 Å². The van der Waals surface area contributed by atoms with Crippen LogP contribution in [0.5, 0.6) is 11.5 Å². The van der Waals surface area contributed by atoms with Gasteiger partial charge in [-0.3, -0.25) is 9.59 Å². The molecule has 1 aromatic carbocycles. The molecule has 1 aliphatic rings. The summed E-state index contributed by atoms with van der Waals surface area (Å²) in [4.78, 5) is 29.0. The van der Waals surface area contributed by atoms with E-state index in [1.807, 2.05) is 61.1 Å². The first-order valence-electron chi connectivity index (χ1n) is 10.1. The van der Waals surface area contributed by atoms with Crippen molar-refractivity contribution in [2.24, 2.45) is 0 Å². The number of hydrogen-bond donors (Lipinski definition) is 0. The highest BCUT2D eigenvalue weighted by Crippen LogP contribution is 2.31. The van der Waals surface area contributed by atoms with E-state index in [0.717, 1.165) is 27.9 Å². The first-order valence-corrected chi connectivity index (χ1v) is 10.9. The fourth-order valence-corrected chi connectivity index (χ4v) is 4.25. The Morgan fingerprint density at radius 3 is 2.74 bits per heavy atom. The fraction of sp³-hybridized carbons (Fsp3) is 0.348. The minimum Gasteiger partial charge on any atom is -0.486 e. The average molecular weight is 441 g/mol. The second-order valence-electron chi connectivity index (χ2n) is 7.51. The number of para-hydroxylation sites is 2. The van der Waals surface area contributed by atoms with E-state index in [0.29, 0.717) is 24.4 Å². The minimum atomic E-state index is -0.459. The molecular formula is C23H24N2O5S. The maximum Gasteiger partial charge on any atom is 0.312 e. The normalized spacial score (nSPS) is 15.0. The molecule has 2 aromatic heterocycles. The Morgan fingerprint density at radius 2 is 2.00 bits per heavy atom. The predicted molar refractivity (Wildman–Crippen MR) is 116 cm³/mol. The van der Waals surface area contributed by atoms with Crippen molar-refractivity contribution in [1.29, 1.82) is 0 Å². The van der Waals surface area contributed by atoms with Gasteiger partial charge in [0.2, 0.25) is 5.78 Å². The third kappa shape index (κ3) is 4.80. The second-order valence-corrected chi connectivity index (χ2v) is 8.57. The average Bonchev–Trinajstić information content (AvgIpc) is 3.29. The molecule has 0 spiro atoms. The van der Waals surface area contributed by atoms with Gasteiger partial charge in [0.05, 0.1) is 23.7 Å². The summed E-state index contributed by atoms with van der Waals surface area (Å²) in [6.45, 7) is 6.41. The van der Waals surface area contributed by atoms with E-state index in [2.05, 4.69) is 4.98 Å².